The van der Waals surface area contributed by atoms with Crippen LogP contribution < -0.4 is 0 Å². The van der Waals surface area contributed by atoms with E-state index in [9.17, 15) is 13.2 Å². The number of sulfonamides is 1. The Morgan fingerprint density at radius 1 is 1.33 bits per heavy atom. The van der Waals surface area contributed by atoms with Crippen molar-refractivity contribution in [1.82, 2.24) is 9.29 Å². The summed E-state index contributed by atoms with van der Waals surface area (Å²) in [5.41, 5.74) is 1.01. The van der Waals surface area contributed by atoms with Gasteiger partial charge in [-0.3, -0.25) is 0 Å². The summed E-state index contributed by atoms with van der Waals surface area (Å²) in [5, 5.41) is 0. The van der Waals surface area contributed by atoms with E-state index in [-0.39, 0.29) is 17.2 Å². The van der Waals surface area contributed by atoms with Crippen LogP contribution in [0, 0.1) is 13.8 Å². The summed E-state index contributed by atoms with van der Waals surface area (Å²) >= 11 is 0. The number of carbonyl (C=O) groups is 1. The second-order valence-electron chi connectivity index (χ2n) is 4.09. The Morgan fingerprint density at radius 2 is 1.89 bits per heavy atom. The van der Waals surface area contributed by atoms with Gasteiger partial charge in [-0.25, -0.2) is 17.5 Å². The summed E-state index contributed by atoms with van der Waals surface area (Å²) in [6, 6.07) is 0. The minimum absolute atomic E-state index is 0.135. The lowest BCUT2D eigenvalue weighted by Gasteiger charge is -2.11. The van der Waals surface area contributed by atoms with E-state index in [4.69, 9.17) is 4.74 Å². The molecular formula is C11H18N2O4S. The zero-order valence-corrected chi connectivity index (χ0v) is 12.0. The van der Waals surface area contributed by atoms with E-state index in [1.165, 1.54) is 14.1 Å². The Labute approximate surface area is 107 Å². The molecule has 0 atom stereocenters. The fourth-order valence-electron chi connectivity index (χ4n) is 1.71. The van der Waals surface area contributed by atoms with Crippen LogP contribution in [0.3, 0.4) is 0 Å². The minimum atomic E-state index is -3.57. The number of carbonyl (C=O) groups excluding carboxylic acids is 1. The number of nitrogens with one attached hydrogen (secondary N) is 1. The van der Waals surface area contributed by atoms with E-state index in [0.29, 0.717) is 11.3 Å². The smallest absolute Gasteiger partial charge is 0.355 e. The number of nitrogens with zero attached hydrogens (tertiary/aromatic N) is 1. The quantitative estimate of drug-likeness (QED) is 0.833. The lowest BCUT2D eigenvalue weighted by Crippen LogP contribution is -2.23. The number of esters is 1. The molecule has 1 N–H and O–H groups in total. The molecule has 102 valence electrons. The van der Waals surface area contributed by atoms with Gasteiger partial charge in [0, 0.05) is 25.4 Å². The molecule has 0 spiro atoms. The molecule has 0 saturated carbocycles. The van der Waals surface area contributed by atoms with E-state index in [2.05, 4.69) is 4.98 Å². The molecule has 1 rings (SSSR count). The Kier molecular flexibility index (Phi) is 4.18. The molecule has 1 aromatic rings. The second kappa shape index (κ2) is 5.11. The summed E-state index contributed by atoms with van der Waals surface area (Å²) in [6.07, 6.45) is 0. The summed E-state index contributed by atoms with van der Waals surface area (Å²) in [6.45, 7) is 5.14. The number of H-pyrrole nitrogens is 1. The van der Waals surface area contributed by atoms with Gasteiger partial charge < -0.3 is 9.72 Å². The highest BCUT2D eigenvalue weighted by atomic mass is 32.2. The first-order valence-corrected chi connectivity index (χ1v) is 6.96. The third kappa shape index (κ3) is 2.41. The number of ether oxygens (including phenoxy) is 1. The Hall–Kier alpha value is -1.34. The average molecular weight is 274 g/mol. The van der Waals surface area contributed by atoms with Gasteiger partial charge in [0.2, 0.25) is 10.0 Å². The number of hydrogen-bond donors (Lipinski definition) is 1. The Balaban J connectivity index is 3.38. The third-order valence-corrected chi connectivity index (χ3v) is 4.68. The maximum absolute atomic E-state index is 12.1. The van der Waals surface area contributed by atoms with Crippen LogP contribution in [0.2, 0.25) is 0 Å². The van der Waals surface area contributed by atoms with Gasteiger partial charge in [0.15, 0.2) is 0 Å². The van der Waals surface area contributed by atoms with E-state index in [1.807, 2.05) is 0 Å². The molecule has 6 nitrogen and oxygen atoms in total. The highest BCUT2D eigenvalue weighted by Crippen LogP contribution is 2.25. The molecule has 0 bridgehead atoms. The normalized spacial score (nSPS) is 11.9. The highest BCUT2D eigenvalue weighted by molar-refractivity contribution is 7.89. The number of aryl methyl sites for hydroxylation is 1. The van der Waals surface area contributed by atoms with Crippen molar-refractivity contribution in [2.75, 3.05) is 20.7 Å². The first-order valence-electron chi connectivity index (χ1n) is 5.52. The topological polar surface area (TPSA) is 79.5 Å². The molecule has 1 heterocycles. The van der Waals surface area contributed by atoms with Crippen LogP contribution in [-0.4, -0.2) is 44.4 Å². The van der Waals surface area contributed by atoms with Crippen LogP contribution in [0.25, 0.3) is 0 Å². The molecule has 0 fully saturated rings. The van der Waals surface area contributed by atoms with E-state index in [0.717, 1.165) is 4.31 Å². The van der Waals surface area contributed by atoms with E-state index >= 15 is 0 Å². The first kappa shape index (κ1) is 14.7. The zero-order valence-electron chi connectivity index (χ0n) is 11.2. The van der Waals surface area contributed by atoms with Crippen molar-refractivity contribution in [3.05, 3.63) is 17.0 Å². The van der Waals surface area contributed by atoms with Crippen molar-refractivity contribution in [3.63, 3.8) is 0 Å². The molecule has 0 radical (unpaired) electrons. The summed E-state index contributed by atoms with van der Waals surface area (Å²) in [7, 11) is -0.672. The van der Waals surface area contributed by atoms with Crippen molar-refractivity contribution in [3.8, 4) is 0 Å². The van der Waals surface area contributed by atoms with Gasteiger partial charge in [-0.05, 0) is 20.8 Å². The molecule has 0 aliphatic carbocycles. The van der Waals surface area contributed by atoms with Gasteiger partial charge in [0.25, 0.3) is 0 Å². The van der Waals surface area contributed by atoms with Gasteiger partial charge in [-0.1, -0.05) is 0 Å². The Bertz CT molecular complexity index is 558. The maximum Gasteiger partial charge on any atom is 0.355 e. The van der Waals surface area contributed by atoms with E-state index < -0.39 is 16.0 Å². The number of hydrogen-bond acceptors (Lipinski definition) is 4. The predicted octanol–water partition coefficient (Wildman–Crippen LogP) is 1.06. The number of rotatable bonds is 4. The molecule has 1 aromatic heterocycles. The molecule has 0 aromatic carbocycles. The monoisotopic (exact) mass is 274 g/mol. The lowest BCUT2D eigenvalue weighted by atomic mass is 10.2. The maximum atomic E-state index is 12.1. The van der Waals surface area contributed by atoms with Gasteiger partial charge >= 0.3 is 5.97 Å². The molecular weight excluding hydrogens is 256 g/mol. The van der Waals surface area contributed by atoms with Crippen molar-refractivity contribution < 1.29 is 17.9 Å². The summed E-state index contributed by atoms with van der Waals surface area (Å²) in [4.78, 5) is 14.6. The molecule has 18 heavy (non-hydrogen) atoms. The fraction of sp³-hybridized carbons (Fsp3) is 0.545. The number of aromatic nitrogens is 1. The van der Waals surface area contributed by atoms with Gasteiger partial charge in [0.1, 0.15) is 10.6 Å². The number of aromatic amines is 1. The lowest BCUT2D eigenvalue weighted by molar-refractivity contribution is 0.0519. The van der Waals surface area contributed by atoms with Crippen LogP contribution in [-0.2, 0) is 14.8 Å². The molecule has 0 aliphatic rings. The summed E-state index contributed by atoms with van der Waals surface area (Å²) < 4.78 is 30.2. The molecule has 0 unspecified atom stereocenters. The van der Waals surface area contributed by atoms with Crippen LogP contribution in [0.5, 0.6) is 0 Å². The van der Waals surface area contributed by atoms with Crippen LogP contribution in [0.15, 0.2) is 4.90 Å². The van der Waals surface area contributed by atoms with Crippen molar-refractivity contribution in [1.29, 1.82) is 0 Å². The van der Waals surface area contributed by atoms with E-state index in [1.54, 1.807) is 20.8 Å². The van der Waals surface area contributed by atoms with Crippen LogP contribution in [0.1, 0.15) is 28.7 Å². The molecule has 0 aliphatic heterocycles. The van der Waals surface area contributed by atoms with Crippen molar-refractivity contribution in [2.24, 2.45) is 0 Å². The SMILES string of the molecule is CCOC(=O)c1[nH]c(C)c(S(=O)(=O)N(C)C)c1C. The van der Waals surface area contributed by atoms with Crippen LogP contribution >= 0.6 is 0 Å². The molecule has 0 saturated heterocycles. The van der Waals surface area contributed by atoms with Gasteiger partial charge in [0.05, 0.1) is 6.61 Å². The largest absolute Gasteiger partial charge is 0.461 e. The second-order valence-corrected chi connectivity index (χ2v) is 6.18. The van der Waals surface area contributed by atoms with Gasteiger partial charge in [-0.15, -0.1) is 0 Å². The van der Waals surface area contributed by atoms with Crippen molar-refractivity contribution >= 4 is 16.0 Å². The predicted molar refractivity (Wildman–Crippen MR) is 67.1 cm³/mol. The van der Waals surface area contributed by atoms with Crippen molar-refractivity contribution in [2.45, 2.75) is 25.7 Å². The third-order valence-electron chi connectivity index (χ3n) is 2.59. The van der Waals surface area contributed by atoms with Crippen LogP contribution in [0.4, 0.5) is 0 Å². The fourth-order valence-corrected chi connectivity index (χ4v) is 3.00. The zero-order chi connectivity index (χ0) is 14.1. The van der Waals surface area contributed by atoms with Gasteiger partial charge in [-0.2, -0.15) is 0 Å². The molecule has 0 amide bonds. The molecule has 7 heteroatoms. The Morgan fingerprint density at radius 3 is 2.33 bits per heavy atom. The highest BCUT2D eigenvalue weighted by Gasteiger charge is 2.28. The minimum Gasteiger partial charge on any atom is -0.461 e. The standard InChI is InChI=1S/C11H18N2O4S/c1-6-17-11(14)9-7(2)10(8(3)12-9)18(15,16)13(4)5/h12H,6H2,1-5H3. The average Bonchev–Trinajstić information content (AvgIpc) is 2.54. The first-order chi connectivity index (χ1) is 8.23. The summed E-state index contributed by atoms with van der Waals surface area (Å²) in [5.74, 6) is -0.543.